The number of carbonyl (C=O) groups is 2. The van der Waals surface area contributed by atoms with Crippen LogP contribution in [0.15, 0.2) is 108 Å². The first-order chi connectivity index (χ1) is 21.1. The van der Waals surface area contributed by atoms with Gasteiger partial charge in [-0.15, -0.1) is 0 Å². The molecule has 7 nitrogen and oxygen atoms in total. The van der Waals surface area contributed by atoms with Crippen molar-refractivity contribution in [2.45, 2.75) is 44.2 Å². The predicted molar refractivity (Wildman–Crippen MR) is 171 cm³/mol. The van der Waals surface area contributed by atoms with Gasteiger partial charge in [-0.1, -0.05) is 90.8 Å². The van der Waals surface area contributed by atoms with Crippen molar-refractivity contribution >= 4 is 39.1 Å². The number of carbonyl (C=O) groups excluding carboxylic acids is 2. The van der Waals surface area contributed by atoms with Crippen LogP contribution < -0.4 is 9.62 Å². The van der Waals surface area contributed by atoms with E-state index in [1.54, 1.807) is 36.4 Å². The second-order valence-electron chi connectivity index (χ2n) is 10.4. The zero-order valence-electron chi connectivity index (χ0n) is 24.6. The molecule has 4 rings (SSSR count). The summed E-state index contributed by atoms with van der Waals surface area (Å²) in [6.07, 6.45) is 0.806. The second kappa shape index (κ2) is 15.0. The Morgan fingerprint density at radius 1 is 0.909 bits per heavy atom. The maximum atomic E-state index is 15.0. The van der Waals surface area contributed by atoms with Crippen molar-refractivity contribution in [2.24, 2.45) is 0 Å². The molecule has 0 fully saturated rings. The average Bonchev–Trinajstić information content (AvgIpc) is 3.01. The monoisotopic (exact) mass is 635 g/mol. The highest BCUT2D eigenvalue weighted by atomic mass is 35.5. The zero-order chi connectivity index (χ0) is 31.7. The molecule has 0 spiro atoms. The van der Waals surface area contributed by atoms with Gasteiger partial charge in [0.25, 0.3) is 10.0 Å². The van der Waals surface area contributed by atoms with Crippen molar-refractivity contribution in [3.05, 3.63) is 131 Å². The number of nitrogens with zero attached hydrogens (tertiary/aromatic N) is 2. The molecular formula is C34H35ClFN3O4S. The maximum Gasteiger partial charge on any atom is 0.264 e. The zero-order valence-corrected chi connectivity index (χ0v) is 26.2. The Morgan fingerprint density at radius 3 is 2.25 bits per heavy atom. The minimum Gasteiger partial charge on any atom is -0.354 e. The third kappa shape index (κ3) is 8.24. The summed E-state index contributed by atoms with van der Waals surface area (Å²) in [5.41, 5.74) is 2.02. The number of anilines is 1. The molecule has 0 heterocycles. The highest BCUT2D eigenvalue weighted by Gasteiger charge is 2.35. The van der Waals surface area contributed by atoms with Crippen molar-refractivity contribution in [2.75, 3.05) is 17.4 Å². The fraction of sp³-hybridized carbons (Fsp3) is 0.235. The Hall–Kier alpha value is -4.21. The number of hydrogen-bond acceptors (Lipinski definition) is 4. The first-order valence-electron chi connectivity index (χ1n) is 14.3. The number of sulfonamides is 1. The Bertz CT molecular complexity index is 1680. The van der Waals surface area contributed by atoms with E-state index in [9.17, 15) is 22.4 Å². The molecule has 0 saturated carbocycles. The van der Waals surface area contributed by atoms with Gasteiger partial charge in [-0.25, -0.2) is 12.8 Å². The molecule has 10 heteroatoms. The van der Waals surface area contributed by atoms with Crippen LogP contribution in [0.1, 0.15) is 30.0 Å². The lowest BCUT2D eigenvalue weighted by Gasteiger charge is -2.34. The number of hydrogen-bond donors (Lipinski definition) is 1. The van der Waals surface area contributed by atoms with Gasteiger partial charge in [0, 0.05) is 30.1 Å². The van der Waals surface area contributed by atoms with Crippen molar-refractivity contribution in [1.82, 2.24) is 10.2 Å². The van der Waals surface area contributed by atoms with Crippen LogP contribution >= 0.6 is 11.6 Å². The van der Waals surface area contributed by atoms with Crippen LogP contribution in [-0.2, 0) is 32.6 Å². The van der Waals surface area contributed by atoms with Gasteiger partial charge in [-0.2, -0.15) is 0 Å². The number of nitrogens with one attached hydrogen (secondary N) is 1. The number of rotatable bonds is 13. The highest BCUT2D eigenvalue weighted by Crippen LogP contribution is 2.27. The topological polar surface area (TPSA) is 86.8 Å². The van der Waals surface area contributed by atoms with E-state index in [0.717, 1.165) is 15.4 Å². The van der Waals surface area contributed by atoms with E-state index in [1.165, 1.54) is 41.3 Å². The van der Waals surface area contributed by atoms with Gasteiger partial charge < -0.3 is 10.2 Å². The van der Waals surface area contributed by atoms with Crippen LogP contribution in [0.4, 0.5) is 10.1 Å². The molecule has 0 aromatic heterocycles. The minimum atomic E-state index is -4.26. The molecule has 0 aliphatic carbocycles. The molecule has 0 saturated heterocycles. The van der Waals surface area contributed by atoms with Crippen LogP contribution in [0.25, 0.3) is 0 Å². The van der Waals surface area contributed by atoms with Crippen molar-refractivity contribution < 1.29 is 22.4 Å². The maximum absolute atomic E-state index is 15.0. The molecule has 230 valence electrons. The predicted octanol–water partition coefficient (Wildman–Crippen LogP) is 6.15. The summed E-state index contributed by atoms with van der Waals surface area (Å²) in [5.74, 6) is -1.65. The van der Waals surface area contributed by atoms with Crippen LogP contribution in [-0.4, -0.2) is 44.3 Å². The summed E-state index contributed by atoms with van der Waals surface area (Å²) in [6.45, 7) is 3.22. The van der Waals surface area contributed by atoms with Crippen molar-refractivity contribution in [1.29, 1.82) is 0 Å². The summed E-state index contributed by atoms with van der Waals surface area (Å²) in [6, 6.07) is 26.6. The van der Waals surface area contributed by atoms with Crippen molar-refractivity contribution in [3.63, 3.8) is 0 Å². The molecule has 4 aromatic carbocycles. The lowest BCUT2D eigenvalue weighted by atomic mass is 10.0. The quantitative estimate of drug-likeness (QED) is 0.191. The summed E-state index contributed by atoms with van der Waals surface area (Å²) >= 11 is 6.25. The molecule has 4 aromatic rings. The standard InChI is InChI=1S/C34H35ClFN3O4S/c1-3-20-37-34(41)32(21-26-10-5-4-6-11-26)38(23-27-12-7-8-15-31(27)36)33(40)24-39(29-14-9-13-28(35)22-29)44(42,43)30-18-16-25(2)17-19-30/h4-19,22,32H,3,20-21,23-24H2,1-2H3,(H,37,41)/t32-/m0/s1. The van der Waals surface area contributed by atoms with Gasteiger partial charge in [0.1, 0.15) is 18.4 Å². The molecule has 0 aliphatic rings. The molecular weight excluding hydrogens is 601 g/mol. The van der Waals surface area contributed by atoms with Crippen LogP contribution in [0.3, 0.4) is 0 Å². The lowest BCUT2D eigenvalue weighted by molar-refractivity contribution is -0.140. The molecule has 2 amide bonds. The van der Waals surface area contributed by atoms with Crippen LogP contribution in [0.5, 0.6) is 0 Å². The SMILES string of the molecule is CCCNC(=O)[C@H](Cc1ccccc1)N(Cc1ccccc1F)C(=O)CN(c1cccc(Cl)c1)S(=O)(=O)c1ccc(C)cc1. The van der Waals surface area contributed by atoms with Gasteiger partial charge >= 0.3 is 0 Å². The normalized spacial score (nSPS) is 11.9. The minimum absolute atomic E-state index is 0.0157. The van der Waals surface area contributed by atoms with Gasteiger partial charge in [-0.05, 0) is 55.3 Å². The van der Waals surface area contributed by atoms with Gasteiger partial charge in [0.15, 0.2) is 0 Å². The number of amides is 2. The summed E-state index contributed by atoms with van der Waals surface area (Å²) in [4.78, 5) is 29.2. The van der Waals surface area contributed by atoms with E-state index >= 15 is 0 Å². The van der Waals surface area contributed by atoms with E-state index in [2.05, 4.69) is 5.32 Å². The Balaban J connectivity index is 1.80. The molecule has 44 heavy (non-hydrogen) atoms. The third-order valence-corrected chi connectivity index (χ3v) is 9.13. The first-order valence-corrected chi connectivity index (χ1v) is 16.1. The van der Waals surface area contributed by atoms with E-state index in [1.807, 2.05) is 44.2 Å². The van der Waals surface area contributed by atoms with Crippen LogP contribution in [0, 0.1) is 12.7 Å². The van der Waals surface area contributed by atoms with Gasteiger partial charge in [-0.3, -0.25) is 13.9 Å². The average molecular weight is 636 g/mol. The number of halogens is 2. The van der Waals surface area contributed by atoms with E-state index < -0.39 is 40.2 Å². The first kappa shape index (κ1) is 32.7. The van der Waals surface area contributed by atoms with Gasteiger partial charge in [0.2, 0.25) is 11.8 Å². The molecule has 1 N–H and O–H groups in total. The smallest absolute Gasteiger partial charge is 0.264 e. The Morgan fingerprint density at radius 2 is 1.59 bits per heavy atom. The Kier molecular flexibility index (Phi) is 11.1. The fourth-order valence-corrected chi connectivity index (χ4v) is 6.32. The number of benzene rings is 4. The van der Waals surface area contributed by atoms with E-state index in [-0.39, 0.29) is 34.1 Å². The fourth-order valence-electron chi connectivity index (χ4n) is 4.73. The molecule has 0 bridgehead atoms. The molecule has 0 unspecified atom stereocenters. The molecule has 0 radical (unpaired) electrons. The summed E-state index contributed by atoms with van der Waals surface area (Å²) < 4.78 is 44.0. The van der Waals surface area contributed by atoms with Crippen LogP contribution in [0.2, 0.25) is 5.02 Å². The molecule has 0 aliphatic heterocycles. The highest BCUT2D eigenvalue weighted by molar-refractivity contribution is 7.92. The Labute approximate surface area is 263 Å². The lowest BCUT2D eigenvalue weighted by Crippen LogP contribution is -2.53. The largest absolute Gasteiger partial charge is 0.354 e. The van der Waals surface area contributed by atoms with E-state index in [4.69, 9.17) is 11.6 Å². The second-order valence-corrected chi connectivity index (χ2v) is 12.7. The number of aryl methyl sites for hydroxylation is 1. The molecule has 1 atom stereocenters. The summed E-state index contributed by atoms with van der Waals surface area (Å²) in [7, 11) is -4.26. The third-order valence-electron chi connectivity index (χ3n) is 7.10. The summed E-state index contributed by atoms with van der Waals surface area (Å²) in [5, 5.41) is 3.15. The van der Waals surface area contributed by atoms with Gasteiger partial charge in [0.05, 0.1) is 10.6 Å². The van der Waals surface area contributed by atoms with Crippen molar-refractivity contribution in [3.8, 4) is 0 Å². The van der Waals surface area contributed by atoms with E-state index in [0.29, 0.717) is 13.0 Å².